The Hall–Kier alpha value is -3.07. The van der Waals surface area contributed by atoms with Gasteiger partial charge in [-0.25, -0.2) is 8.42 Å². The molecule has 7 nitrogen and oxygen atoms in total. The van der Waals surface area contributed by atoms with Crippen molar-refractivity contribution >= 4 is 50.7 Å². The van der Waals surface area contributed by atoms with E-state index in [-0.39, 0.29) is 39.1 Å². The molecule has 3 rings (SSSR count). The molecule has 3 aromatic rings. The molecule has 0 aliphatic heterocycles. The van der Waals surface area contributed by atoms with Crippen molar-refractivity contribution in [1.29, 1.82) is 0 Å². The van der Waals surface area contributed by atoms with Crippen LogP contribution in [0.25, 0.3) is 0 Å². The molecular formula is C29H33Cl2N3O4S. The molecule has 2 amide bonds. The third-order valence-corrected chi connectivity index (χ3v) is 8.69. The number of anilines is 1. The highest BCUT2D eigenvalue weighted by molar-refractivity contribution is 7.92. The van der Waals surface area contributed by atoms with Gasteiger partial charge in [-0.2, -0.15) is 0 Å². The van der Waals surface area contributed by atoms with Gasteiger partial charge in [0, 0.05) is 12.6 Å². The summed E-state index contributed by atoms with van der Waals surface area (Å²) >= 11 is 12.7. The van der Waals surface area contributed by atoms with Crippen molar-refractivity contribution in [2.75, 3.05) is 17.4 Å². The summed E-state index contributed by atoms with van der Waals surface area (Å²) in [5, 5.41) is 3.04. The minimum atomic E-state index is -4.22. The number of halogens is 2. The molecule has 0 radical (unpaired) electrons. The van der Waals surface area contributed by atoms with Crippen molar-refractivity contribution in [3.8, 4) is 0 Å². The van der Waals surface area contributed by atoms with E-state index in [1.807, 2.05) is 51.1 Å². The quantitative estimate of drug-likeness (QED) is 0.299. The van der Waals surface area contributed by atoms with E-state index in [0.717, 1.165) is 9.87 Å². The molecule has 0 aromatic heterocycles. The van der Waals surface area contributed by atoms with Crippen LogP contribution in [-0.2, 0) is 26.0 Å². The number of benzene rings is 3. The van der Waals surface area contributed by atoms with Crippen LogP contribution in [0.5, 0.6) is 0 Å². The Balaban J connectivity index is 2.04. The highest BCUT2D eigenvalue weighted by atomic mass is 35.5. The number of hydrogen-bond donors (Lipinski definition) is 1. The normalized spacial score (nSPS) is 12.2. The fraction of sp³-hybridized carbons (Fsp3) is 0.310. The molecule has 0 aliphatic rings. The van der Waals surface area contributed by atoms with Gasteiger partial charge < -0.3 is 10.2 Å². The molecule has 208 valence electrons. The average molecular weight is 591 g/mol. The summed E-state index contributed by atoms with van der Waals surface area (Å²) in [5.41, 5.74) is 1.06. The van der Waals surface area contributed by atoms with Gasteiger partial charge in [-0.15, -0.1) is 0 Å². The van der Waals surface area contributed by atoms with E-state index in [0.29, 0.717) is 12.8 Å². The molecule has 1 N–H and O–H groups in total. The molecule has 0 spiro atoms. The summed E-state index contributed by atoms with van der Waals surface area (Å²) in [7, 11) is -4.22. The number of hydrogen-bond acceptors (Lipinski definition) is 4. The Kier molecular flexibility index (Phi) is 10.8. The lowest BCUT2D eigenvalue weighted by atomic mass is 10.1. The van der Waals surface area contributed by atoms with Crippen LogP contribution in [0.2, 0.25) is 10.0 Å². The van der Waals surface area contributed by atoms with E-state index in [1.165, 1.54) is 29.2 Å². The fourth-order valence-electron chi connectivity index (χ4n) is 4.19. The van der Waals surface area contributed by atoms with Gasteiger partial charge in [0.05, 0.1) is 20.6 Å². The van der Waals surface area contributed by atoms with Crippen LogP contribution in [0.4, 0.5) is 5.69 Å². The molecule has 10 heteroatoms. The van der Waals surface area contributed by atoms with Crippen LogP contribution in [0, 0.1) is 0 Å². The van der Waals surface area contributed by atoms with Crippen molar-refractivity contribution in [3.63, 3.8) is 0 Å². The Morgan fingerprint density at radius 2 is 1.51 bits per heavy atom. The summed E-state index contributed by atoms with van der Waals surface area (Å²) < 4.78 is 28.6. The second kappa shape index (κ2) is 13.8. The molecule has 0 unspecified atom stereocenters. The molecule has 0 heterocycles. The summed E-state index contributed by atoms with van der Waals surface area (Å²) in [6, 6.07) is 21.1. The largest absolute Gasteiger partial charge is 0.352 e. The first-order valence-corrected chi connectivity index (χ1v) is 14.9. The second-order valence-corrected chi connectivity index (χ2v) is 12.0. The van der Waals surface area contributed by atoms with Gasteiger partial charge in [-0.1, -0.05) is 84.7 Å². The SMILES string of the molecule is CC[C@H](C(=O)NC(C)C)N(CCc1ccccc1)C(=O)CN(c1cccc(Cl)c1Cl)S(=O)(=O)c1ccccc1. The second-order valence-electron chi connectivity index (χ2n) is 9.31. The van der Waals surface area contributed by atoms with Gasteiger partial charge in [-0.05, 0) is 56.5 Å². The molecule has 0 fully saturated rings. The van der Waals surface area contributed by atoms with E-state index in [4.69, 9.17) is 23.2 Å². The Morgan fingerprint density at radius 3 is 2.10 bits per heavy atom. The van der Waals surface area contributed by atoms with Gasteiger partial charge in [0.1, 0.15) is 12.6 Å². The first kappa shape index (κ1) is 30.5. The lowest BCUT2D eigenvalue weighted by Gasteiger charge is -2.33. The third kappa shape index (κ3) is 7.75. The van der Waals surface area contributed by atoms with Gasteiger partial charge in [0.2, 0.25) is 11.8 Å². The summed E-state index contributed by atoms with van der Waals surface area (Å²) in [4.78, 5) is 28.6. The molecule has 3 aromatic carbocycles. The van der Waals surface area contributed by atoms with Gasteiger partial charge >= 0.3 is 0 Å². The van der Waals surface area contributed by atoms with Crippen LogP contribution in [0.15, 0.2) is 83.8 Å². The Morgan fingerprint density at radius 1 is 0.897 bits per heavy atom. The van der Waals surface area contributed by atoms with E-state index < -0.39 is 28.5 Å². The van der Waals surface area contributed by atoms with Crippen LogP contribution < -0.4 is 9.62 Å². The molecule has 1 atom stereocenters. The van der Waals surface area contributed by atoms with Crippen LogP contribution >= 0.6 is 23.2 Å². The van der Waals surface area contributed by atoms with Gasteiger partial charge in [0.15, 0.2) is 0 Å². The minimum Gasteiger partial charge on any atom is -0.352 e. The van der Waals surface area contributed by atoms with Gasteiger partial charge in [0.25, 0.3) is 10.0 Å². The summed E-state index contributed by atoms with van der Waals surface area (Å²) in [6.45, 7) is 5.15. The fourth-order valence-corrected chi connectivity index (χ4v) is 6.09. The van der Waals surface area contributed by atoms with E-state index in [1.54, 1.807) is 24.3 Å². The minimum absolute atomic E-state index is 0.00531. The van der Waals surface area contributed by atoms with Gasteiger partial charge in [-0.3, -0.25) is 13.9 Å². The average Bonchev–Trinajstić information content (AvgIpc) is 2.91. The number of sulfonamides is 1. The standard InChI is InChI=1S/C29H33Cl2N3O4S/c1-4-25(29(36)32-21(2)3)33(19-18-22-12-7-5-8-13-22)27(35)20-34(26-17-11-16-24(30)28(26)31)39(37,38)23-14-9-6-10-15-23/h5-17,21,25H,4,18-20H2,1-3H3,(H,32,36)/t25-/m1/s1. The predicted octanol–water partition coefficient (Wildman–Crippen LogP) is 5.56. The van der Waals surface area contributed by atoms with Crippen molar-refractivity contribution in [3.05, 3.63) is 94.5 Å². The number of amides is 2. The van der Waals surface area contributed by atoms with Crippen LogP contribution in [0.1, 0.15) is 32.8 Å². The highest BCUT2D eigenvalue weighted by Gasteiger charge is 2.34. The van der Waals surface area contributed by atoms with Crippen molar-refractivity contribution < 1.29 is 18.0 Å². The van der Waals surface area contributed by atoms with E-state index >= 15 is 0 Å². The first-order chi connectivity index (χ1) is 18.6. The summed E-state index contributed by atoms with van der Waals surface area (Å²) in [5.74, 6) is -0.834. The zero-order valence-corrected chi connectivity index (χ0v) is 24.5. The number of carbonyl (C=O) groups is 2. The molecular weight excluding hydrogens is 557 g/mol. The topological polar surface area (TPSA) is 86.8 Å². The monoisotopic (exact) mass is 589 g/mol. The zero-order valence-electron chi connectivity index (χ0n) is 22.2. The van der Waals surface area contributed by atoms with E-state index in [2.05, 4.69) is 5.32 Å². The lowest BCUT2D eigenvalue weighted by molar-refractivity contribution is -0.139. The number of nitrogens with zero attached hydrogens (tertiary/aromatic N) is 2. The van der Waals surface area contributed by atoms with Crippen LogP contribution in [0.3, 0.4) is 0 Å². The van der Waals surface area contributed by atoms with Crippen molar-refractivity contribution in [2.24, 2.45) is 0 Å². The third-order valence-electron chi connectivity index (χ3n) is 6.11. The number of rotatable bonds is 12. The van der Waals surface area contributed by atoms with Crippen molar-refractivity contribution in [2.45, 2.75) is 50.6 Å². The maximum atomic E-state index is 14.0. The molecule has 0 saturated heterocycles. The smallest absolute Gasteiger partial charge is 0.264 e. The Labute approximate surface area is 240 Å². The zero-order chi connectivity index (χ0) is 28.6. The first-order valence-electron chi connectivity index (χ1n) is 12.7. The summed E-state index contributed by atoms with van der Waals surface area (Å²) in [6.07, 6.45) is 0.837. The van der Waals surface area contributed by atoms with E-state index in [9.17, 15) is 18.0 Å². The molecule has 0 bridgehead atoms. The lowest BCUT2D eigenvalue weighted by Crippen LogP contribution is -2.54. The maximum absolute atomic E-state index is 14.0. The number of carbonyl (C=O) groups excluding carboxylic acids is 2. The highest BCUT2D eigenvalue weighted by Crippen LogP contribution is 2.35. The molecule has 39 heavy (non-hydrogen) atoms. The van der Waals surface area contributed by atoms with Crippen LogP contribution in [-0.4, -0.2) is 50.3 Å². The van der Waals surface area contributed by atoms with Crippen molar-refractivity contribution in [1.82, 2.24) is 10.2 Å². The molecule has 0 aliphatic carbocycles. The maximum Gasteiger partial charge on any atom is 0.264 e. The molecule has 0 saturated carbocycles. The Bertz CT molecular complexity index is 1370. The predicted molar refractivity (Wildman–Crippen MR) is 157 cm³/mol. The number of nitrogens with one attached hydrogen (secondary N) is 1.